The standard InChI is InChI=1S/C12H16INO/c13-12-6-5-11(15-12)9-14-8-7-10-3-1-2-4-10/h3,5-6,14H,1-2,4,7-9H2. The maximum absolute atomic E-state index is 5.47. The van der Waals surface area contributed by atoms with Crippen LogP contribution in [0, 0.1) is 3.77 Å². The Morgan fingerprint density at radius 2 is 2.33 bits per heavy atom. The summed E-state index contributed by atoms with van der Waals surface area (Å²) in [6.45, 7) is 1.90. The molecular formula is C12H16INO. The summed E-state index contributed by atoms with van der Waals surface area (Å²) in [7, 11) is 0. The van der Waals surface area contributed by atoms with E-state index in [2.05, 4.69) is 34.0 Å². The van der Waals surface area contributed by atoms with Gasteiger partial charge in [-0.1, -0.05) is 11.6 Å². The zero-order valence-electron chi connectivity index (χ0n) is 8.76. The summed E-state index contributed by atoms with van der Waals surface area (Å²) in [6, 6.07) is 4.03. The Labute approximate surface area is 104 Å². The molecule has 0 bridgehead atoms. The van der Waals surface area contributed by atoms with Gasteiger partial charge in [0.1, 0.15) is 5.76 Å². The van der Waals surface area contributed by atoms with E-state index in [0.29, 0.717) is 0 Å². The average molecular weight is 317 g/mol. The lowest BCUT2D eigenvalue weighted by atomic mass is 10.2. The van der Waals surface area contributed by atoms with Crippen molar-refractivity contribution in [3.8, 4) is 0 Å². The Bertz CT molecular complexity index is 343. The van der Waals surface area contributed by atoms with E-state index in [0.717, 1.165) is 22.6 Å². The normalized spacial score (nSPS) is 15.7. The minimum absolute atomic E-state index is 0.844. The summed E-state index contributed by atoms with van der Waals surface area (Å²) >= 11 is 2.19. The van der Waals surface area contributed by atoms with Gasteiger partial charge in [0.25, 0.3) is 0 Å². The highest BCUT2D eigenvalue weighted by molar-refractivity contribution is 14.1. The van der Waals surface area contributed by atoms with Crippen molar-refractivity contribution in [3.63, 3.8) is 0 Å². The highest BCUT2D eigenvalue weighted by atomic mass is 127. The van der Waals surface area contributed by atoms with Gasteiger partial charge >= 0.3 is 0 Å². The summed E-state index contributed by atoms with van der Waals surface area (Å²) in [5, 5.41) is 3.40. The molecule has 15 heavy (non-hydrogen) atoms. The van der Waals surface area contributed by atoms with Crippen LogP contribution in [-0.4, -0.2) is 6.54 Å². The van der Waals surface area contributed by atoms with E-state index in [1.807, 2.05) is 12.1 Å². The number of allylic oxidation sites excluding steroid dienone is 1. The molecule has 0 aromatic carbocycles. The molecule has 0 atom stereocenters. The molecule has 1 aliphatic rings. The molecule has 1 N–H and O–H groups in total. The van der Waals surface area contributed by atoms with Crippen LogP contribution in [0.4, 0.5) is 0 Å². The van der Waals surface area contributed by atoms with Crippen molar-refractivity contribution in [1.82, 2.24) is 5.32 Å². The van der Waals surface area contributed by atoms with Gasteiger partial charge in [-0.2, -0.15) is 0 Å². The van der Waals surface area contributed by atoms with Gasteiger partial charge < -0.3 is 9.73 Å². The minimum atomic E-state index is 0.844. The topological polar surface area (TPSA) is 25.2 Å². The summed E-state index contributed by atoms with van der Waals surface area (Å²) in [4.78, 5) is 0. The van der Waals surface area contributed by atoms with Crippen molar-refractivity contribution in [2.24, 2.45) is 0 Å². The molecule has 2 rings (SSSR count). The predicted octanol–water partition coefficient (Wildman–Crippen LogP) is 3.47. The summed E-state index contributed by atoms with van der Waals surface area (Å²) < 4.78 is 6.43. The molecule has 1 aromatic rings. The first-order chi connectivity index (χ1) is 7.34. The van der Waals surface area contributed by atoms with Gasteiger partial charge in [-0.05, 0) is 67.0 Å². The first kappa shape index (κ1) is 11.2. The Hall–Kier alpha value is -0.290. The van der Waals surface area contributed by atoms with Gasteiger partial charge in [0.15, 0.2) is 3.77 Å². The highest BCUT2D eigenvalue weighted by Crippen LogP contribution is 2.19. The van der Waals surface area contributed by atoms with Crippen LogP contribution in [0.25, 0.3) is 0 Å². The first-order valence-electron chi connectivity index (χ1n) is 5.47. The van der Waals surface area contributed by atoms with Crippen LogP contribution in [0.1, 0.15) is 31.4 Å². The van der Waals surface area contributed by atoms with E-state index in [9.17, 15) is 0 Å². The molecule has 0 radical (unpaired) electrons. The number of hydrogen-bond acceptors (Lipinski definition) is 2. The second-order valence-electron chi connectivity index (χ2n) is 3.89. The van der Waals surface area contributed by atoms with Crippen molar-refractivity contribution >= 4 is 22.6 Å². The third kappa shape index (κ3) is 3.65. The molecule has 2 nitrogen and oxygen atoms in total. The van der Waals surface area contributed by atoms with Crippen molar-refractivity contribution in [3.05, 3.63) is 33.3 Å². The van der Waals surface area contributed by atoms with Crippen molar-refractivity contribution in [1.29, 1.82) is 0 Å². The summed E-state index contributed by atoms with van der Waals surface area (Å²) in [5.41, 5.74) is 1.62. The zero-order valence-corrected chi connectivity index (χ0v) is 10.9. The Balaban J connectivity index is 1.62. The fourth-order valence-electron chi connectivity index (χ4n) is 1.87. The van der Waals surface area contributed by atoms with Gasteiger partial charge in [0, 0.05) is 0 Å². The minimum Gasteiger partial charge on any atom is -0.454 e. The van der Waals surface area contributed by atoms with E-state index in [1.54, 1.807) is 5.57 Å². The third-order valence-corrected chi connectivity index (χ3v) is 3.27. The van der Waals surface area contributed by atoms with Gasteiger partial charge in [-0.3, -0.25) is 0 Å². The number of furan rings is 1. The lowest BCUT2D eigenvalue weighted by Gasteiger charge is -2.03. The fourth-order valence-corrected chi connectivity index (χ4v) is 2.33. The summed E-state index contributed by atoms with van der Waals surface area (Å²) in [5.74, 6) is 1.03. The lowest BCUT2D eigenvalue weighted by molar-refractivity contribution is 0.464. The molecule has 0 unspecified atom stereocenters. The van der Waals surface area contributed by atoms with Gasteiger partial charge in [0.2, 0.25) is 0 Å². The number of halogens is 1. The second kappa shape index (κ2) is 5.70. The number of nitrogens with one attached hydrogen (secondary N) is 1. The Morgan fingerprint density at radius 3 is 3.00 bits per heavy atom. The van der Waals surface area contributed by atoms with E-state index in [-0.39, 0.29) is 0 Å². The van der Waals surface area contributed by atoms with Crippen molar-refractivity contribution in [2.45, 2.75) is 32.2 Å². The number of rotatable bonds is 5. The van der Waals surface area contributed by atoms with Gasteiger partial charge in [-0.15, -0.1) is 0 Å². The largest absolute Gasteiger partial charge is 0.454 e. The third-order valence-electron chi connectivity index (χ3n) is 2.69. The molecule has 0 aliphatic heterocycles. The van der Waals surface area contributed by atoms with E-state index >= 15 is 0 Å². The molecule has 3 heteroatoms. The molecule has 1 aromatic heterocycles. The highest BCUT2D eigenvalue weighted by Gasteiger charge is 2.04. The molecular weight excluding hydrogens is 301 g/mol. The smallest absolute Gasteiger partial charge is 0.164 e. The fraction of sp³-hybridized carbons (Fsp3) is 0.500. The lowest BCUT2D eigenvalue weighted by Crippen LogP contribution is -2.14. The van der Waals surface area contributed by atoms with Crippen LogP contribution >= 0.6 is 22.6 Å². The Morgan fingerprint density at radius 1 is 1.40 bits per heavy atom. The zero-order chi connectivity index (χ0) is 10.5. The van der Waals surface area contributed by atoms with E-state index in [1.165, 1.54) is 25.7 Å². The van der Waals surface area contributed by atoms with Crippen molar-refractivity contribution < 1.29 is 4.42 Å². The molecule has 0 amide bonds. The molecule has 0 spiro atoms. The van der Waals surface area contributed by atoms with E-state index in [4.69, 9.17) is 4.42 Å². The molecule has 0 saturated carbocycles. The van der Waals surface area contributed by atoms with Gasteiger partial charge in [-0.25, -0.2) is 0 Å². The number of hydrogen-bond donors (Lipinski definition) is 1. The van der Waals surface area contributed by atoms with Crippen LogP contribution in [0.5, 0.6) is 0 Å². The summed E-state index contributed by atoms with van der Waals surface area (Å²) in [6.07, 6.45) is 7.52. The van der Waals surface area contributed by atoms with Crippen LogP contribution in [0.15, 0.2) is 28.2 Å². The second-order valence-corrected chi connectivity index (χ2v) is 4.95. The molecule has 1 heterocycles. The predicted molar refractivity (Wildman–Crippen MR) is 69.7 cm³/mol. The molecule has 0 saturated heterocycles. The first-order valence-corrected chi connectivity index (χ1v) is 6.55. The molecule has 0 fully saturated rings. The molecule has 1 aliphatic carbocycles. The van der Waals surface area contributed by atoms with Crippen LogP contribution in [0.3, 0.4) is 0 Å². The molecule has 82 valence electrons. The quantitative estimate of drug-likeness (QED) is 0.511. The van der Waals surface area contributed by atoms with Crippen LogP contribution in [0.2, 0.25) is 0 Å². The SMILES string of the molecule is Ic1ccc(CNCCC2=CCCC2)o1. The van der Waals surface area contributed by atoms with Crippen LogP contribution in [-0.2, 0) is 6.54 Å². The van der Waals surface area contributed by atoms with E-state index < -0.39 is 0 Å². The average Bonchev–Trinajstić information content (AvgIpc) is 2.84. The maximum Gasteiger partial charge on any atom is 0.164 e. The van der Waals surface area contributed by atoms with Crippen molar-refractivity contribution in [2.75, 3.05) is 6.54 Å². The van der Waals surface area contributed by atoms with Crippen LogP contribution < -0.4 is 5.32 Å². The maximum atomic E-state index is 5.47. The Kier molecular flexibility index (Phi) is 4.26. The monoisotopic (exact) mass is 317 g/mol. The van der Waals surface area contributed by atoms with Gasteiger partial charge in [0.05, 0.1) is 6.54 Å².